The van der Waals surface area contributed by atoms with Crippen LogP contribution < -0.4 is 5.32 Å². The summed E-state index contributed by atoms with van der Waals surface area (Å²) in [6, 6.07) is 16.2. The number of rotatable bonds is 6. The molecular formula is C22H22N6O3. The number of fused-ring (bicyclic) bond motifs is 2. The van der Waals surface area contributed by atoms with Gasteiger partial charge in [-0.15, -0.1) is 0 Å². The molecule has 3 aromatic rings. The number of hydroxylamine groups is 2. The molecule has 2 saturated heterocycles. The van der Waals surface area contributed by atoms with Gasteiger partial charge >= 0.3 is 6.03 Å². The van der Waals surface area contributed by atoms with E-state index in [1.807, 2.05) is 54.6 Å². The number of urea groups is 1. The largest absolute Gasteiger partial charge is 0.345 e. The van der Waals surface area contributed by atoms with Crippen molar-refractivity contribution < 1.29 is 14.4 Å². The number of amides is 3. The Balaban J connectivity index is 1.21. The van der Waals surface area contributed by atoms with Crippen LogP contribution >= 0.6 is 0 Å². The topological polar surface area (TPSA) is 92.6 Å². The number of piperidine rings is 1. The quantitative estimate of drug-likeness (QED) is 0.664. The van der Waals surface area contributed by atoms with Gasteiger partial charge in [0.25, 0.3) is 0 Å². The van der Waals surface area contributed by atoms with Crippen molar-refractivity contribution in [3.8, 4) is 5.69 Å². The minimum absolute atomic E-state index is 0.0257. The third-order valence-electron chi connectivity index (χ3n) is 5.66. The lowest BCUT2D eigenvalue weighted by Gasteiger charge is -2.29. The highest BCUT2D eigenvalue weighted by molar-refractivity contribution is 5.97. The molecule has 1 N–H and O–H groups in total. The third-order valence-corrected chi connectivity index (χ3v) is 5.66. The van der Waals surface area contributed by atoms with E-state index in [9.17, 15) is 9.59 Å². The Bertz CT molecular complexity index is 1050. The summed E-state index contributed by atoms with van der Waals surface area (Å²) in [4.78, 5) is 37.1. The molecule has 3 amide bonds. The van der Waals surface area contributed by atoms with Gasteiger partial charge in [-0.2, -0.15) is 10.2 Å². The van der Waals surface area contributed by atoms with E-state index in [2.05, 4.69) is 15.4 Å². The Morgan fingerprint density at radius 3 is 2.65 bits per heavy atom. The summed E-state index contributed by atoms with van der Waals surface area (Å²) in [5.41, 5.74) is 2.51. The van der Waals surface area contributed by atoms with Gasteiger partial charge in [0.2, 0.25) is 5.91 Å². The fourth-order valence-electron chi connectivity index (χ4n) is 4.05. The number of carbonyl (C=O) groups is 2. The molecular weight excluding hydrogens is 396 g/mol. The van der Waals surface area contributed by atoms with Crippen LogP contribution in [-0.4, -0.2) is 55.3 Å². The lowest BCUT2D eigenvalue weighted by molar-refractivity contribution is -0.140. The average Bonchev–Trinajstić information content (AvgIpc) is 3.42. The molecule has 2 aliphatic rings. The molecule has 2 aromatic carbocycles. The summed E-state index contributed by atoms with van der Waals surface area (Å²) in [6.07, 6.45) is 4.40. The van der Waals surface area contributed by atoms with Crippen LogP contribution in [0.25, 0.3) is 5.69 Å². The second-order valence-corrected chi connectivity index (χ2v) is 7.64. The molecule has 158 valence electrons. The Morgan fingerprint density at radius 1 is 1.10 bits per heavy atom. The van der Waals surface area contributed by atoms with Crippen molar-refractivity contribution in [1.82, 2.24) is 24.7 Å². The summed E-state index contributed by atoms with van der Waals surface area (Å²) in [5.74, 6) is -0.190. The zero-order valence-electron chi connectivity index (χ0n) is 16.8. The highest BCUT2D eigenvalue weighted by Gasteiger charge is 2.47. The number of carbonyl (C=O) groups excluding carboxylic acids is 2. The first-order chi connectivity index (χ1) is 15.2. The summed E-state index contributed by atoms with van der Waals surface area (Å²) < 4.78 is 1.64. The number of hydrogen-bond donors (Lipinski definition) is 1. The minimum atomic E-state index is -0.510. The van der Waals surface area contributed by atoms with Gasteiger partial charge in [0.05, 0.1) is 11.7 Å². The summed E-state index contributed by atoms with van der Waals surface area (Å²) in [6.45, 7) is 0.822. The Labute approximate surface area is 179 Å². The monoisotopic (exact) mass is 418 g/mol. The molecule has 9 heteroatoms. The molecule has 1 aromatic heterocycles. The number of benzene rings is 2. The molecule has 0 unspecified atom stereocenters. The number of nitrogens with zero attached hydrogens (tertiary/aromatic N) is 5. The molecule has 0 saturated carbocycles. The number of nitrogens with one attached hydrogen (secondary N) is 1. The van der Waals surface area contributed by atoms with Crippen LogP contribution in [0.1, 0.15) is 18.4 Å². The molecule has 5 rings (SSSR count). The van der Waals surface area contributed by atoms with Crippen molar-refractivity contribution in [3.05, 3.63) is 72.8 Å². The van der Waals surface area contributed by atoms with E-state index < -0.39 is 6.04 Å². The van der Waals surface area contributed by atoms with E-state index in [0.717, 1.165) is 17.7 Å². The highest BCUT2D eigenvalue weighted by atomic mass is 16.7. The van der Waals surface area contributed by atoms with Gasteiger partial charge in [-0.3, -0.25) is 9.63 Å². The number of aromatic nitrogens is 3. The Hall–Kier alpha value is -3.72. The number of anilines is 1. The van der Waals surface area contributed by atoms with Crippen molar-refractivity contribution in [2.45, 2.75) is 31.5 Å². The lowest BCUT2D eigenvalue weighted by atomic mass is 10.0. The molecule has 2 atom stereocenters. The molecule has 0 aliphatic carbocycles. The van der Waals surface area contributed by atoms with Gasteiger partial charge in [0, 0.05) is 12.2 Å². The Kier molecular flexibility index (Phi) is 5.09. The first-order valence-electron chi connectivity index (χ1n) is 10.2. The zero-order valence-corrected chi connectivity index (χ0v) is 16.8. The second-order valence-electron chi connectivity index (χ2n) is 7.64. The summed E-state index contributed by atoms with van der Waals surface area (Å²) in [5, 5.41) is 8.44. The van der Waals surface area contributed by atoms with Gasteiger partial charge in [0.15, 0.2) is 0 Å². The maximum atomic E-state index is 12.9. The van der Waals surface area contributed by atoms with Crippen LogP contribution in [0.5, 0.6) is 0 Å². The smallest absolute Gasteiger partial charge is 0.324 e. The van der Waals surface area contributed by atoms with Crippen molar-refractivity contribution in [2.24, 2.45) is 0 Å². The van der Waals surface area contributed by atoms with Crippen LogP contribution in [0.15, 0.2) is 67.3 Å². The molecule has 31 heavy (non-hydrogen) atoms. The van der Waals surface area contributed by atoms with Gasteiger partial charge < -0.3 is 10.2 Å². The maximum Gasteiger partial charge on any atom is 0.345 e. The van der Waals surface area contributed by atoms with E-state index in [0.29, 0.717) is 25.3 Å². The molecule has 3 heterocycles. The van der Waals surface area contributed by atoms with Crippen molar-refractivity contribution in [1.29, 1.82) is 0 Å². The zero-order chi connectivity index (χ0) is 21.2. The molecule has 2 fully saturated rings. The molecule has 0 radical (unpaired) electrons. The minimum Gasteiger partial charge on any atom is -0.324 e. The van der Waals surface area contributed by atoms with Crippen molar-refractivity contribution in [3.63, 3.8) is 0 Å². The standard InChI is InChI=1S/C22H22N6O3/c29-21(25-17-6-8-18(9-7-17)27-15-23-14-24-27)20-11-10-19-12-26(20)22(30)28(19)31-13-16-4-2-1-3-5-16/h1-9,14-15,19-20H,10-13H2,(H,25,29)/t19-,20+/m1/s1. The van der Waals surface area contributed by atoms with E-state index in [4.69, 9.17) is 4.84 Å². The predicted octanol–water partition coefficient (Wildman–Crippen LogP) is 2.61. The third kappa shape index (κ3) is 3.87. The first-order valence-corrected chi connectivity index (χ1v) is 10.2. The van der Waals surface area contributed by atoms with Crippen molar-refractivity contribution >= 4 is 17.6 Å². The molecule has 2 bridgehead atoms. The second kappa shape index (κ2) is 8.19. The normalized spacial score (nSPS) is 20.2. The Morgan fingerprint density at radius 2 is 1.90 bits per heavy atom. The molecule has 9 nitrogen and oxygen atoms in total. The lowest BCUT2D eigenvalue weighted by Crippen LogP contribution is -2.47. The SMILES string of the molecule is O=C(Nc1ccc(-n2cncn2)cc1)[C@@H]1CC[C@@H]2CN1C(=O)N2OCc1ccccc1. The van der Waals surface area contributed by atoms with E-state index in [1.165, 1.54) is 11.4 Å². The van der Waals surface area contributed by atoms with Gasteiger partial charge in [-0.25, -0.2) is 14.5 Å². The van der Waals surface area contributed by atoms with Crippen LogP contribution in [-0.2, 0) is 16.2 Å². The highest BCUT2D eigenvalue weighted by Crippen LogP contribution is 2.31. The number of hydrogen-bond acceptors (Lipinski definition) is 5. The van der Waals surface area contributed by atoms with Gasteiger partial charge in [0.1, 0.15) is 25.3 Å². The van der Waals surface area contributed by atoms with E-state index in [1.54, 1.807) is 15.9 Å². The van der Waals surface area contributed by atoms with Crippen LogP contribution in [0.4, 0.5) is 10.5 Å². The molecule has 0 spiro atoms. The van der Waals surface area contributed by atoms with Crippen LogP contribution in [0.3, 0.4) is 0 Å². The maximum absolute atomic E-state index is 12.9. The summed E-state index contributed by atoms with van der Waals surface area (Å²) in [7, 11) is 0. The van der Waals surface area contributed by atoms with Gasteiger partial charge in [-0.05, 0) is 42.7 Å². The van der Waals surface area contributed by atoms with Crippen LogP contribution in [0, 0.1) is 0 Å². The predicted molar refractivity (Wildman–Crippen MR) is 112 cm³/mol. The summed E-state index contributed by atoms with van der Waals surface area (Å²) >= 11 is 0. The fraction of sp³-hybridized carbons (Fsp3) is 0.273. The fourth-order valence-corrected chi connectivity index (χ4v) is 4.05. The first kappa shape index (κ1) is 19.3. The van der Waals surface area contributed by atoms with Gasteiger partial charge in [-0.1, -0.05) is 30.3 Å². The average molecular weight is 418 g/mol. The molecule has 2 aliphatic heterocycles. The van der Waals surface area contributed by atoms with Crippen LogP contribution in [0.2, 0.25) is 0 Å². The van der Waals surface area contributed by atoms with E-state index >= 15 is 0 Å². The van der Waals surface area contributed by atoms with Crippen molar-refractivity contribution in [2.75, 3.05) is 11.9 Å². The van der Waals surface area contributed by atoms with E-state index in [-0.39, 0.29) is 18.0 Å².